The standard InChI is InChI=1S/C15H13ClO2/c1-10(15(17)18)11-2-4-12(5-3-11)13-6-8-14(16)9-7-13/h2-10H,1H3,(H,17,18). The summed E-state index contributed by atoms with van der Waals surface area (Å²) in [5.74, 6) is -1.29. The van der Waals surface area contributed by atoms with Gasteiger partial charge in [0, 0.05) is 5.02 Å². The summed E-state index contributed by atoms with van der Waals surface area (Å²) in [6, 6.07) is 15.1. The van der Waals surface area contributed by atoms with Crippen LogP contribution in [0, 0.1) is 0 Å². The fourth-order valence-corrected chi connectivity index (χ4v) is 1.88. The van der Waals surface area contributed by atoms with Gasteiger partial charge in [0.05, 0.1) is 5.92 Å². The minimum atomic E-state index is -0.811. The Morgan fingerprint density at radius 3 is 1.89 bits per heavy atom. The number of hydrogen-bond donors (Lipinski definition) is 1. The molecule has 0 amide bonds. The van der Waals surface area contributed by atoms with Crippen molar-refractivity contribution in [2.45, 2.75) is 12.8 Å². The van der Waals surface area contributed by atoms with Crippen LogP contribution in [0.5, 0.6) is 0 Å². The third-order valence-electron chi connectivity index (χ3n) is 2.96. The van der Waals surface area contributed by atoms with Crippen molar-refractivity contribution < 1.29 is 9.90 Å². The van der Waals surface area contributed by atoms with E-state index in [2.05, 4.69) is 0 Å². The van der Waals surface area contributed by atoms with Gasteiger partial charge in [-0.25, -0.2) is 0 Å². The summed E-state index contributed by atoms with van der Waals surface area (Å²) in [7, 11) is 0. The SMILES string of the molecule is CC(C(=O)O)c1ccc(-c2ccc(Cl)cc2)cc1. The topological polar surface area (TPSA) is 37.3 Å². The van der Waals surface area contributed by atoms with Gasteiger partial charge in [0.1, 0.15) is 0 Å². The van der Waals surface area contributed by atoms with Crippen LogP contribution >= 0.6 is 11.6 Å². The van der Waals surface area contributed by atoms with Gasteiger partial charge in [0.15, 0.2) is 0 Å². The zero-order valence-corrected chi connectivity index (χ0v) is 10.7. The average Bonchev–Trinajstić information content (AvgIpc) is 2.39. The molecule has 2 aromatic rings. The van der Waals surface area contributed by atoms with E-state index < -0.39 is 11.9 Å². The molecular weight excluding hydrogens is 248 g/mol. The van der Waals surface area contributed by atoms with Gasteiger partial charge in [0.2, 0.25) is 0 Å². The number of carbonyl (C=O) groups is 1. The van der Waals surface area contributed by atoms with Gasteiger partial charge < -0.3 is 5.11 Å². The monoisotopic (exact) mass is 260 g/mol. The first kappa shape index (κ1) is 12.7. The quantitative estimate of drug-likeness (QED) is 0.898. The zero-order valence-electron chi connectivity index (χ0n) is 9.93. The molecular formula is C15H13ClO2. The zero-order chi connectivity index (χ0) is 13.1. The molecule has 0 aliphatic carbocycles. The van der Waals surface area contributed by atoms with Crippen LogP contribution < -0.4 is 0 Å². The van der Waals surface area contributed by atoms with Crippen LogP contribution in [0.4, 0.5) is 0 Å². The molecule has 2 nitrogen and oxygen atoms in total. The minimum Gasteiger partial charge on any atom is -0.481 e. The molecule has 1 atom stereocenters. The lowest BCUT2D eigenvalue weighted by molar-refractivity contribution is -0.138. The Labute approximate surface area is 111 Å². The van der Waals surface area contributed by atoms with E-state index in [0.29, 0.717) is 5.02 Å². The van der Waals surface area contributed by atoms with E-state index in [9.17, 15) is 4.79 Å². The number of benzene rings is 2. The maximum Gasteiger partial charge on any atom is 0.310 e. The van der Waals surface area contributed by atoms with E-state index in [1.165, 1.54) is 0 Å². The Bertz CT molecular complexity index is 544. The molecule has 0 radical (unpaired) electrons. The van der Waals surface area contributed by atoms with E-state index in [4.69, 9.17) is 16.7 Å². The Morgan fingerprint density at radius 2 is 1.44 bits per heavy atom. The van der Waals surface area contributed by atoms with E-state index >= 15 is 0 Å². The number of rotatable bonds is 3. The van der Waals surface area contributed by atoms with Gasteiger partial charge in [-0.15, -0.1) is 0 Å². The Kier molecular flexibility index (Phi) is 3.68. The fraction of sp³-hybridized carbons (Fsp3) is 0.133. The largest absolute Gasteiger partial charge is 0.481 e. The molecule has 0 saturated carbocycles. The second-order valence-electron chi connectivity index (χ2n) is 4.19. The summed E-state index contributed by atoms with van der Waals surface area (Å²) in [5, 5.41) is 9.64. The highest BCUT2D eigenvalue weighted by molar-refractivity contribution is 6.30. The predicted molar refractivity (Wildman–Crippen MR) is 72.9 cm³/mol. The molecule has 92 valence electrons. The van der Waals surface area contributed by atoms with Crippen LogP contribution in [-0.2, 0) is 4.79 Å². The fourth-order valence-electron chi connectivity index (χ4n) is 1.75. The van der Waals surface area contributed by atoms with E-state index in [-0.39, 0.29) is 0 Å². The summed E-state index contributed by atoms with van der Waals surface area (Å²) in [6.45, 7) is 1.68. The molecule has 0 bridgehead atoms. The van der Waals surface area contributed by atoms with Gasteiger partial charge in [-0.05, 0) is 35.7 Å². The summed E-state index contributed by atoms with van der Waals surface area (Å²) >= 11 is 5.84. The predicted octanol–water partition coefficient (Wildman–Crippen LogP) is 4.20. The van der Waals surface area contributed by atoms with Gasteiger partial charge >= 0.3 is 5.97 Å². The Morgan fingerprint density at radius 1 is 1.00 bits per heavy atom. The summed E-state index contributed by atoms with van der Waals surface area (Å²) in [4.78, 5) is 10.9. The molecule has 0 heterocycles. The second-order valence-corrected chi connectivity index (χ2v) is 4.63. The summed E-state index contributed by atoms with van der Waals surface area (Å²) in [6.07, 6.45) is 0. The smallest absolute Gasteiger partial charge is 0.310 e. The molecule has 0 aliphatic heterocycles. The molecule has 0 aromatic heterocycles. The molecule has 2 rings (SSSR count). The van der Waals surface area contributed by atoms with Crippen molar-refractivity contribution in [2.24, 2.45) is 0 Å². The molecule has 18 heavy (non-hydrogen) atoms. The number of aliphatic carboxylic acids is 1. The van der Waals surface area contributed by atoms with Crippen LogP contribution in [0.15, 0.2) is 48.5 Å². The molecule has 0 aliphatic rings. The highest BCUT2D eigenvalue weighted by atomic mass is 35.5. The maximum atomic E-state index is 10.9. The lowest BCUT2D eigenvalue weighted by atomic mass is 9.98. The van der Waals surface area contributed by atoms with Crippen molar-refractivity contribution in [2.75, 3.05) is 0 Å². The highest BCUT2D eigenvalue weighted by Crippen LogP contribution is 2.24. The molecule has 3 heteroatoms. The lowest BCUT2D eigenvalue weighted by Crippen LogP contribution is -2.06. The molecule has 0 saturated heterocycles. The van der Waals surface area contributed by atoms with Gasteiger partial charge in [-0.3, -0.25) is 4.79 Å². The highest BCUT2D eigenvalue weighted by Gasteiger charge is 2.13. The minimum absolute atomic E-state index is 0.482. The Hall–Kier alpha value is -1.80. The molecule has 0 spiro atoms. The van der Waals surface area contributed by atoms with Crippen LogP contribution in [0.25, 0.3) is 11.1 Å². The van der Waals surface area contributed by atoms with Crippen molar-refractivity contribution in [3.8, 4) is 11.1 Å². The third-order valence-corrected chi connectivity index (χ3v) is 3.21. The summed E-state index contributed by atoms with van der Waals surface area (Å²) in [5.41, 5.74) is 2.92. The third kappa shape index (κ3) is 2.71. The maximum absolute atomic E-state index is 10.9. The normalized spacial score (nSPS) is 12.1. The lowest BCUT2D eigenvalue weighted by Gasteiger charge is -2.08. The van der Waals surface area contributed by atoms with Crippen molar-refractivity contribution in [1.82, 2.24) is 0 Å². The molecule has 1 unspecified atom stereocenters. The van der Waals surface area contributed by atoms with Crippen molar-refractivity contribution in [3.05, 3.63) is 59.1 Å². The van der Waals surface area contributed by atoms with Gasteiger partial charge in [-0.2, -0.15) is 0 Å². The van der Waals surface area contributed by atoms with E-state index in [1.807, 2.05) is 48.5 Å². The second kappa shape index (κ2) is 5.23. The number of hydrogen-bond acceptors (Lipinski definition) is 1. The number of carboxylic acid groups (broad SMARTS) is 1. The van der Waals surface area contributed by atoms with E-state index in [0.717, 1.165) is 16.7 Å². The first-order valence-electron chi connectivity index (χ1n) is 5.66. The average molecular weight is 261 g/mol. The van der Waals surface area contributed by atoms with Crippen molar-refractivity contribution in [3.63, 3.8) is 0 Å². The number of carboxylic acids is 1. The molecule has 2 aromatic carbocycles. The van der Waals surface area contributed by atoms with Crippen molar-refractivity contribution >= 4 is 17.6 Å². The van der Waals surface area contributed by atoms with Crippen LogP contribution in [0.3, 0.4) is 0 Å². The number of halogens is 1. The molecule has 0 fully saturated rings. The Balaban J connectivity index is 2.27. The van der Waals surface area contributed by atoms with Gasteiger partial charge in [-0.1, -0.05) is 48.0 Å². The van der Waals surface area contributed by atoms with Gasteiger partial charge in [0.25, 0.3) is 0 Å². The van der Waals surface area contributed by atoms with Crippen molar-refractivity contribution in [1.29, 1.82) is 0 Å². The van der Waals surface area contributed by atoms with E-state index in [1.54, 1.807) is 6.92 Å². The van der Waals surface area contributed by atoms with Crippen LogP contribution in [-0.4, -0.2) is 11.1 Å². The first-order valence-corrected chi connectivity index (χ1v) is 6.04. The van der Waals surface area contributed by atoms with Crippen LogP contribution in [0.1, 0.15) is 18.4 Å². The summed E-state index contributed by atoms with van der Waals surface area (Å²) < 4.78 is 0. The molecule has 1 N–H and O–H groups in total. The van der Waals surface area contributed by atoms with Crippen LogP contribution in [0.2, 0.25) is 5.02 Å². The first-order chi connectivity index (χ1) is 8.58.